The summed E-state index contributed by atoms with van der Waals surface area (Å²) in [6, 6.07) is 9.07. The van der Waals surface area contributed by atoms with E-state index in [0.29, 0.717) is 47.6 Å². The quantitative estimate of drug-likeness (QED) is 0.414. The van der Waals surface area contributed by atoms with Crippen LogP contribution < -0.4 is 23.8 Å². The number of hydrogen-bond donors (Lipinski definition) is 0. The molecule has 3 rings (SSSR count). The Labute approximate surface area is 204 Å². The molecule has 0 saturated carbocycles. The van der Waals surface area contributed by atoms with Crippen LogP contribution in [-0.2, 0) is 0 Å². The summed E-state index contributed by atoms with van der Waals surface area (Å²) in [5.74, 6) is 1.87. The van der Waals surface area contributed by atoms with Crippen molar-refractivity contribution in [2.24, 2.45) is 0 Å². The number of rotatable bonds is 10. The number of ether oxygens (including phenoxy) is 4. The lowest BCUT2D eigenvalue weighted by Crippen LogP contribution is -2.36. The molecule has 8 nitrogen and oxygen atoms in total. The van der Waals surface area contributed by atoms with E-state index in [1.54, 1.807) is 17.0 Å². The maximum absolute atomic E-state index is 13.6. The minimum absolute atomic E-state index is 0. The van der Waals surface area contributed by atoms with Gasteiger partial charge in [0.05, 0.1) is 38.2 Å². The first kappa shape index (κ1) is 26.5. The van der Waals surface area contributed by atoms with Crippen molar-refractivity contribution in [1.82, 2.24) is 9.88 Å². The lowest BCUT2D eigenvalue weighted by atomic mass is 10.1. The second-order valence-corrected chi connectivity index (χ2v) is 8.24. The number of hydrogen-bond acceptors (Lipinski definition) is 8. The summed E-state index contributed by atoms with van der Waals surface area (Å²) in [7, 11) is 8.52. The molecule has 0 saturated heterocycles. The van der Waals surface area contributed by atoms with Gasteiger partial charge in [-0.25, -0.2) is 4.98 Å². The van der Waals surface area contributed by atoms with E-state index in [2.05, 4.69) is 0 Å². The zero-order valence-electron chi connectivity index (χ0n) is 19.7. The molecule has 1 heterocycles. The summed E-state index contributed by atoms with van der Waals surface area (Å²) in [5, 5.41) is 0.620. The van der Waals surface area contributed by atoms with Gasteiger partial charge in [-0.1, -0.05) is 11.3 Å². The molecule has 10 heteroatoms. The summed E-state index contributed by atoms with van der Waals surface area (Å²) < 4.78 is 22.8. The van der Waals surface area contributed by atoms with Crippen LogP contribution in [0, 0.1) is 0 Å². The lowest BCUT2D eigenvalue weighted by molar-refractivity contribution is 0.0984. The molecule has 0 aliphatic rings. The van der Waals surface area contributed by atoms with E-state index in [1.807, 2.05) is 44.1 Å². The highest BCUT2D eigenvalue weighted by molar-refractivity contribution is 7.22. The summed E-state index contributed by atoms with van der Waals surface area (Å²) >= 11 is 1.46. The molecule has 33 heavy (non-hydrogen) atoms. The number of methoxy groups -OCH3 is 3. The topological polar surface area (TPSA) is 73.4 Å². The van der Waals surface area contributed by atoms with Crippen molar-refractivity contribution < 1.29 is 23.7 Å². The average Bonchev–Trinajstić information content (AvgIpc) is 3.20. The number of aromatic nitrogens is 1. The molecule has 0 N–H and O–H groups in total. The largest absolute Gasteiger partial charge is 0.494 e. The zero-order valence-corrected chi connectivity index (χ0v) is 21.3. The minimum Gasteiger partial charge on any atom is -0.494 e. The lowest BCUT2D eigenvalue weighted by Gasteiger charge is -2.23. The summed E-state index contributed by atoms with van der Waals surface area (Å²) in [5.41, 5.74) is 1.24. The van der Waals surface area contributed by atoms with Crippen molar-refractivity contribution >= 4 is 45.0 Å². The molecule has 0 fully saturated rings. The summed E-state index contributed by atoms with van der Waals surface area (Å²) in [6.45, 7) is 3.68. The Balaban J connectivity index is 0.00000385. The molecular weight excluding hydrogens is 466 g/mol. The third-order valence-corrected chi connectivity index (χ3v) is 5.86. The highest BCUT2D eigenvalue weighted by atomic mass is 35.5. The number of amides is 1. The molecular formula is C23H30ClN3O5S. The third kappa shape index (κ3) is 5.98. The van der Waals surface area contributed by atoms with Crippen LogP contribution in [0.2, 0.25) is 0 Å². The number of likely N-dealkylation sites (N-methyl/N-ethyl adjacent to an activating group) is 1. The van der Waals surface area contributed by atoms with E-state index in [4.69, 9.17) is 23.9 Å². The Morgan fingerprint density at radius 2 is 1.67 bits per heavy atom. The molecule has 2 aromatic carbocycles. The van der Waals surface area contributed by atoms with Crippen LogP contribution in [0.5, 0.6) is 23.0 Å². The maximum Gasteiger partial charge on any atom is 0.260 e. The fraction of sp³-hybridized carbons (Fsp3) is 0.391. The van der Waals surface area contributed by atoms with Crippen LogP contribution in [0.25, 0.3) is 10.2 Å². The van der Waals surface area contributed by atoms with Crippen LogP contribution in [0.1, 0.15) is 17.3 Å². The second-order valence-electron chi connectivity index (χ2n) is 7.23. The molecule has 3 aromatic rings. The molecule has 0 aliphatic heterocycles. The van der Waals surface area contributed by atoms with Gasteiger partial charge >= 0.3 is 0 Å². The minimum atomic E-state index is -0.199. The maximum atomic E-state index is 13.6. The highest BCUT2D eigenvalue weighted by Crippen LogP contribution is 2.39. The van der Waals surface area contributed by atoms with Crippen molar-refractivity contribution in [2.75, 3.05) is 60.0 Å². The molecule has 1 amide bonds. The van der Waals surface area contributed by atoms with Gasteiger partial charge in [0.1, 0.15) is 5.75 Å². The number of nitrogens with zero attached hydrogens (tertiary/aromatic N) is 3. The van der Waals surface area contributed by atoms with Gasteiger partial charge < -0.3 is 23.8 Å². The van der Waals surface area contributed by atoms with Crippen LogP contribution >= 0.6 is 23.7 Å². The van der Waals surface area contributed by atoms with Crippen molar-refractivity contribution in [3.8, 4) is 23.0 Å². The average molecular weight is 496 g/mol. The van der Waals surface area contributed by atoms with Crippen LogP contribution in [-0.4, -0.2) is 70.9 Å². The van der Waals surface area contributed by atoms with E-state index in [0.717, 1.165) is 16.0 Å². The molecule has 0 unspecified atom stereocenters. The number of anilines is 1. The van der Waals surface area contributed by atoms with Gasteiger partial charge in [0, 0.05) is 18.7 Å². The predicted molar refractivity (Wildman–Crippen MR) is 134 cm³/mol. The Bertz CT molecular complexity index is 1060. The monoisotopic (exact) mass is 495 g/mol. The number of carbonyl (C=O) groups is 1. The van der Waals surface area contributed by atoms with Crippen molar-refractivity contribution in [3.63, 3.8) is 0 Å². The normalized spacial score (nSPS) is 10.6. The smallest absolute Gasteiger partial charge is 0.260 e. The van der Waals surface area contributed by atoms with E-state index >= 15 is 0 Å². The molecule has 1 aromatic heterocycles. The van der Waals surface area contributed by atoms with E-state index in [-0.39, 0.29) is 18.3 Å². The third-order valence-electron chi connectivity index (χ3n) is 4.82. The van der Waals surface area contributed by atoms with E-state index in [9.17, 15) is 4.79 Å². The standard InChI is InChI=1S/C23H29N3O5S.ClH/c1-7-31-16-8-9-17-20(14-16)32-23(24-17)26(11-10-25(2)3)22(27)15-12-18(28-4)21(30-6)19(13-15)29-5;/h8-9,12-14H,7,10-11H2,1-6H3;1H. The van der Waals surface area contributed by atoms with Crippen LogP contribution in [0.4, 0.5) is 5.13 Å². The molecule has 0 bridgehead atoms. The number of thiazole rings is 1. The van der Waals surface area contributed by atoms with Gasteiger partial charge in [-0.2, -0.15) is 0 Å². The first-order valence-electron chi connectivity index (χ1n) is 10.2. The zero-order chi connectivity index (χ0) is 23.3. The van der Waals surface area contributed by atoms with Gasteiger partial charge in [-0.3, -0.25) is 9.69 Å². The van der Waals surface area contributed by atoms with Crippen molar-refractivity contribution in [2.45, 2.75) is 6.92 Å². The Morgan fingerprint density at radius 3 is 2.21 bits per heavy atom. The number of carbonyl (C=O) groups excluding carboxylic acids is 1. The van der Waals surface area contributed by atoms with Crippen molar-refractivity contribution in [1.29, 1.82) is 0 Å². The van der Waals surface area contributed by atoms with Gasteiger partial charge in [-0.05, 0) is 51.4 Å². The van der Waals surface area contributed by atoms with E-state index in [1.165, 1.54) is 32.7 Å². The fourth-order valence-corrected chi connectivity index (χ4v) is 4.23. The molecule has 180 valence electrons. The van der Waals surface area contributed by atoms with Gasteiger partial charge in [0.15, 0.2) is 16.6 Å². The first-order valence-corrected chi connectivity index (χ1v) is 11.0. The Hall–Kier alpha value is -2.75. The van der Waals surface area contributed by atoms with Gasteiger partial charge in [0.25, 0.3) is 5.91 Å². The van der Waals surface area contributed by atoms with Crippen molar-refractivity contribution in [3.05, 3.63) is 35.9 Å². The second kappa shape index (κ2) is 11.9. The molecule has 0 spiro atoms. The predicted octanol–water partition coefficient (Wildman–Crippen LogP) is 4.35. The highest BCUT2D eigenvalue weighted by Gasteiger charge is 2.25. The Kier molecular flexibility index (Phi) is 9.57. The fourth-order valence-electron chi connectivity index (χ4n) is 3.21. The molecule has 0 atom stereocenters. The Morgan fingerprint density at radius 1 is 1.00 bits per heavy atom. The van der Waals surface area contributed by atoms with Gasteiger partial charge in [-0.15, -0.1) is 12.4 Å². The molecule has 0 radical (unpaired) electrons. The molecule has 0 aliphatic carbocycles. The number of halogens is 1. The summed E-state index contributed by atoms with van der Waals surface area (Å²) in [6.07, 6.45) is 0. The number of benzene rings is 2. The SMILES string of the molecule is CCOc1ccc2nc(N(CCN(C)C)C(=O)c3cc(OC)c(OC)c(OC)c3)sc2c1.Cl. The first-order chi connectivity index (χ1) is 15.4. The summed E-state index contributed by atoms with van der Waals surface area (Å²) in [4.78, 5) is 22.1. The van der Waals surface area contributed by atoms with Crippen LogP contribution in [0.15, 0.2) is 30.3 Å². The van der Waals surface area contributed by atoms with E-state index < -0.39 is 0 Å². The number of fused-ring (bicyclic) bond motifs is 1. The van der Waals surface area contributed by atoms with Crippen LogP contribution in [0.3, 0.4) is 0 Å². The van der Waals surface area contributed by atoms with Gasteiger partial charge in [0.2, 0.25) is 5.75 Å².